The highest BCUT2D eigenvalue weighted by molar-refractivity contribution is 6.30. The van der Waals surface area contributed by atoms with Crippen LogP contribution in [0.4, 0.5) is 10.5 Å². The molecule has 1 aliphatic heterocycles. The molecule has 5 nitrogen and oxygen atoms in total. The van der Waals surface area contributed by atoms with Gasteiger partial charge < -0.3 is 20.1 Å². The summed E-state index contributed by atoms with van der Waals surface area (Å²) in [4.78, 5) is 12.3. The van der Waals surface area contributed by atoms with Crippen LogP contribution < -0.4 is 15.4 Å². The largest absolute Gasteiger partial charge is 0.497 e. The standard InChI is InChI=1S/C20H23ClN2O3/c1-25-18-7-5-15(6-8-18)20(9-11-26-12-10-20)14-22-19(24)23-17-4-2-3-16(21)13-17/h2-8,13H,9-12,14H2,1H3,(H2,22,23,24). The number of urea groups is 1. The molecule has 0 atom stereocenters. The van der Waals surface area contributed by atoms with E-state index in [-0.39, 0.29) is 11.4 Å². The topological polar surface area (TPSA) is 59.6 Å². The average Bonchev–Trinajstić information content (AvgIpc) is 2.67. The number of rotatable bonds is 5. The van der Waals surface area contributed by atoms with E-state index in [0.717, 1.165) is 18.6 Å². The molecule has 0 unspecified atom stereocenters. The van der Waals surface area contributed by atoms with Gasteiger partial charge in [-0.25, -0.2) is 4.79 Å². The monoisotopic (exact) mass is 374 g/mol. The van der Waals surface area contributed by atoms with Crippen molar-refractivity contribution in [2.75, 3.05) is 32.2 Å². The number of amides is 2. The van der Waals surface area contributed by atoms with E-state index < -0.39 is 0 Å². The Kier molecular flexibility index (Phi) is 6.01. The highest BCUT2D eigenvalue weighted by atomic mass is 35.5. The molecule has 0 aromatic heterocycles. The summed E-state index contributed by atoms with van der Waals surface area (Å²) in [5.74, 6) is 0.822. The van der Waals surface area contributed by atoms with Gasteiger partial charge in [-0.05, 0) is 48.7 Å². The molecular formula is C20H23ClN2O3. The molecule has 0 radical (unpaired) electrons. The van der Waals surface area contributed by atoms with Gasteiger partial charge in [0.05, 0.1) is 7.11 Å². The second-order valence-electron chi connectivity index (χ2n) is 6.44. The molecule has 1 fully saturated rings. The predicted molar refractivity (Wildman–Crippen MR) is 103 cm³/mol. The fourth-order valence-electron chi connectivity index (χ4n) is 3.27. The summed E-state index contributed by atoms with van der Waals surface area (Å²) < 4.78 is 10.8. The molecule has 2 aromatic rings. The summed E-state index contributed by atoms with van der Waals surface area (Å²) in [6.07, 6.45) is 1.72. The van der Waals surface area contributed by atoms with Gasteiger partial charge in [0.15, 0.2) is 0 Å². The Morgan fingerprint density at radius 1 is 1.19 bits per heavy atom. The summed E-state index contributed by atoms with van der Waals surface area (Å²) in [5.41, 5.74) is 1.71. The lowest BCUT2D eigenvalue weighted by molar-refractivity contribution is 0.0508. The van der Waals surface area contributed by atoms with Gasteiger partial charge in [-0.2, -0.15) is 0 Å². The van der Waals surface area contributed by atoms with Crippen LogP contribution in [0.5, 0.6) is 5.75 Å². The molecule has 138 valence electrons. The van der Waals surface area contributed by atoms with Crippen LogP contribution in [0.1, 0.15) is 18.4 Å². The van der Waals surface area contributed by atoms with Crippen molar-refractivity contribution in [2.24, 2.45) is 0 Å². The summed E-state index contributed by atoms with van der Waals surface area (Å²) in [6, 6.07) is 14.9. The van der Waals surface area contributed by atoms with Crippen LogP contribution in [-0.4, -0.2) is 32.9 Å². The fourth-order valence-corrected chi connectivity index (χ4v) is 3.46. The first-order valence-electron chi connectivity index (χ1n) is 8.64. The molecule has 2 amide bonds. The first kappa shape index (κ1) is 18.5. The van der Waals surface area contributed by atoms with E-state index in [1.807, 2.05) is 12.1 Å². The lowest BCUT2D eigenvalue weighted by Gasteiger charge is -2.38. The zero-order valence-electron chi connectivity index (χ0n) is 14.8. The van der Waals surface area contributed by atoms with Crippen molar-refractivity contribution in [2.45, 2.75) is 18.3 Å². The maximum atomic E-state index is 12.3. The highest BCUT2D eigenvalue weighted by Crippen LogP contribution is 2.35. The second-order valence-corrected chi connectivity index (χ2v) is 6.88. The molecule has 1 heterocycles. The summed E-state index contributed by atoms with van der Waals surface area (Å²) in [5, 5.41) is 6.42. The van der Waals surface area contributed by atoms with Crippen molar-refractivity contribution < 1.29 is 14.3 Å². The van der Waals surface area contributed by atoms with Crippen LogP contribution in [0.15, 0.2) is 48.5 Å². The minimum Gasteiger partial charge on any atom is -0.497 e. The van der Waals surface area contributed by atoms with Gasteiger partial charge in [0.25, 0.3) is 0 Å². The number of hydrogen-bond acceptors (Lipinski definition) is 3. The number of carbonyl (C=O) groups excluding carboxylic acids is 1. The van der Waals surface area contributed by atoms with E-state index in [0.29, 0.717) is 30.5 Å². The first-order chi connectivity index (χ1) is 12.6. The van der Waals surface area contributed by atoms with E-state index in [2.05, 4.69) is 22.8 Å². The van der Waals surface area contributed by atoms with Gasteiger partial charge in [-0.3, -0.25) is 0 Å². The van der Waals surface area contributed by atoms with Crippen LogP contribution in [0.3, 0.4) is 0 Å². The van der Waals surface area contributed by atoms with Gasteiger partial charge >= 0.3 is 6.03 Å². The Bertz CT molecular complexity index is 743. The van der Waals surface area contributed by atoms with Crippen molar-refractivity contribution >= 4 is 23.3 Å². The zero-order chi connectivity index (χ0) is 18.4. The third-order valence-corrected chi connectivity index (χ3v) is 5.06. The van der Waals surface area contributed by atoms with Crippen molar-refractivity contribution in [3.05, 3.63) is 59.1 Å². The van der Waals surface area contributed by atoms with E-state index in [1.165, 1.54) is 5.56 Å². The van der Waals surface area contributed by atoms with Gasteiger partial charge in [0, 0.05) is 35.9 Å². The van der Waals surface area contributed by atoms with Gasteiger partial charge in [0.1, 0.15) is 5.75 Å². The minimum atomic E-state index is -0.244. The normalized spacial score (nSPS) is 15.9. The Hall–Kier alpha value is -2.24. The van der Waals surface area contributed by atoms with Gasteiger partial charge in [0.2, 0.25) is 0 Å². The minimum absolute atomic E-state index is 0.143. The number of hydrogen-bond donors (Lipinski definition) is 2. The maximum absolute atomic E-state index is 12.3. The Balaban J connectivity index is 1.69. The van der Waals surface area contributed by atoms with Gasteiger partial charge in [-0.1, -0.05) is 29.8 Å². The molecule has 3 rings (SSSR count). The first-order valence-corrected chi connectivity index (χ1v) is 9.02. The third kappa shape index (κ3) is 4.48. The summed E-state index contributed by atoms with van der Waals surface area (Å²) in [6.45, 7) is 1.91. The Morgan fingerprint density at radius 3 is 2.58 bits per heavy atom. The smallest absolute Gasteiger partial charge is 0.319 e. The van der Waals surface area contributed by atoms with Gasteiger partial charge in [-0.15, -0.1) is 0 Å². The maximum Gasteiger partial charge on any atom is 0.319 e. The van der Waals surface area contributed by atoms with Crippen LogP contribution >= 0.6 is 11.6 Å². The molecule has 1 aliphatic rings. The summed E-state index contributed by atoms with van der Waals surface area (Å²) in [7, 11) is 1.65. The molecule has 0 aliphatic carbocycles. The lowest BCUT2D eigenvalue weighted by atomic mass is 9.74. The number of benzene rings is 2. The SMILES string of the molecule is COc1ccc(C2(CNC(=O)Nc3cccc(Cl)c3)CCOCC2)cc1. The number of anilines is 1. The molecule has 2 aromatic carbocycles. The quantitative estimate of drug-likeness (QED) is 0.823. The molecule has 1 saturated heterocycles. The second kappa shape index (κ2) is 8.43. The zero-order valence-corrected chi connectivity index (χ0v) is 15.5. The number of carbonyl (C=O) groups is 1. The third-order valence-electron chi connectivity index (χ3n) is 4.82. The summed E-state index contributed by atoms with van der Waals surface area (Å²) >= 11 is 5.96. The molecule has 26 heavy (non-hydrogen) atoms. The van der Waals surface area contributed by atoms with Crippen molar-refractivity contribution in [3.63, 3.8) is 0 Å². The fraction of sp³-hybridized carbons (Fsp3) is 0.350. The lowest BCUT2D eigenvalue weighted by Crippen LogP contribution is -2.45. The number of methoxy groups -OCH3 is 1. The molecule has 2 N–H and O–H groups in total. The Morgan fingerprint density at radius 2 is 1.92 bits per heavy atom. The average molecular weight is 375 g/mol. The van der Waals surface area contributed by atoms with Crippen LogP contribution in [0.2, 0.25) is 5.02 Å². The predicted octanol–water partition coefficient (Wildman–Crippen LogP) is 4.22. The van der Waals surface area contributed by atoms with Crippen molar-refractivity contribution in [1.82, 2.24) is 5.32 Å². The molecule has 0 spiro atoms. The highest BCUT2D eigenvalue weighted by Gasteiger charge is 2.34. The molecular weight excluding hydrogens is 352 g/mol. The van der Waals surface area contributed by atoms with E-state index >= 15 is 0 Å². The Labute approximate surface area is 158 Å². The number of nitrogens with one attached hydrogen (secondary N) is 2. The van der Waals surface area contributed by atoms with Crippen molar-refractivity contribution in [1.29, 1.82) is 0 Å². The van der Waals surface area contributed by atoms with Crippen LogP contribution in [0, 0.1) is 0 Å². The molecule has 0 bridgehead atoms. The van der Waals surface area contributed by atoms with Crippen LogP contribution in [-0.2, 0) is 10.2 Å². The number of ether oxygens (including phenoxy) is 2. The van der Waals surface area contributed by atoms with E-state index in [1.54, 1.807) is 31.4 Å². The number of halogens is 1. The molecule has 0 saturated carbocycles. The van der Waals surface area contributed by atoms with Crippen molar-refractivity contribution in [3.8, 4) is 5.75 Å². The van der Waals surface area contributed by atoms with Crippen LogP contribution in [0.25, 0.3) is 0 Å². The van der Waals surface area contributed by atoms with E-state index in [4.69, 9.17) is 21.1 Å². The molecule has 6 heteroatoms. The van der Waals surface area contributed by atoms with E-state index in [9.17, 15) is 4.79 Å².